The van der Waals surface area contributed by atoms with Crippen LogP contribution in [-0.4, -0.2) is 28.1 Å². The molecule has 2 N–H and O–H groups in total. The zero-order valence-electron chi connectivity index (χ0n) is 19.0. The van der Waals surface area contributed by atoms with Crippen LogP contribution in [0.2, 0.25) is 0 Å². The van der Waals surface area contributed by atoms with Gasteiger partial charge in [-0.15, -0.1) is 0 Å². The third-order valence-corrected chi connectivity index (χ3v) is 6.82. The summed E-state index contributed by atoms with van der Waals surface area (Å²) in [6.45, 7) is 4.60. The molecule has 5 nitrogen and oxygen atoms in total. The molecule has 2 aromatic carbocycles. The maximum absolute atomic E-state index is 13.0. The molecule has 0 bridgehead atoms. The van der Waals surface area contributed by atoms with Gasteiger partial charge in [-0.2, -0.15) is 0 Å². The first-order valence-corrected chi connectivity index (χ1v) is 11.7. The molecule has 0 unspecified atom stereocenters. The lowest BCUT2D eigenvalue weighted by Crippen LogP contribution is -2.44. The number of thiocarbonyl (C=S) groups is 1. The number of nitrogens with one attached hydrogen (secondary N) is 2. The quantitative estimate of drug-likeness (QED) is 0.491. The van der Waals surface area contributed by atoms with Gasteiger partial charge in [-0.1, -0.05) is 31.4 Å². The predicted molar refractivity (Wildman–Crippen MR) is 136 cm³/mol. The van der Waals surface area contributed by atoms with Gasteiger partial charge in [0.15, 0.2) is 5.11 Å². The molecule has 0 radical (unpaired) electrons. The summed E-state index contributed by atoms with van der Waals surface area (Å²) < 4.78 is 5.25. The van der Waals surface area contributed by atoms with E-state index in [1.165, 1.54) is 19.3 Å². The third-order valence-electron chi connectivity index (χ3n) is 6.48. The Morgan fingerprint density at radius 3 is 2.47 bits per heavy atom. The molecule has 168 valence electrons. The summed E-state index contributed by atoms with van der Waals surface area (Å²) in [6.07, 6.45) is 5.83. The summed E-state index contributed by atoms with van der Waals surface area (Å²) in [4.78, 5) is 18.3. The highest BCUT2D eigenvalue weighted by molar-refractivity contribution is 7.80. The largest absolute Gasteiger partial charge is 0.497 e. The molecule has 32 heavy (non-hydrogen) atoms. The molecule has 1 aliphatic rings. The van der Waals surface area contributed by atoms with E-state index in [9.17, 15) is 4.79 Å². The van der Waals surface area contributed by atoms with Crippen LogP contribution in [0.4, 0.5) is 5.69 Å². The topological polar surface area (TPSA) is 57.4 Å². The highest BCUT2D eigenvalue weighted by Crippen LogP contribution is 2.26. The maximum atomic E-state index is 13.0. The molecule has 0 spiro atoms. The van der Waals surface area contributed by atoms with Crippen LogP contribution in [0.5, 0.6) is 5.75 Å². The summed E-state index contributed by atoms with van der Waals surface area (Å²) in [6, 6.07) is 14.3. The Morgan fingerprint density at radius 1 is 1.09 bits per heavy atom. The number of rotatable bonds is 5. The Hall–Kier alpha value is -2.86. The number of H-pyrrole nitrogens is 1. The van der Waals surface area contributed by atoms with E-state index in [0.717, 1.165) is 51.9 Å². The summed E-state index contributed by atoms with van der Waals surface area (Å²) >= 11 is 5.86. The minimum atomic E-state index is -0.0424. The van der Waals surface area contributed by atoms with E-state index in [2.05, 4.69) is 34.3 Å². The zero-order chi connectivity index (χ0) is 22.7. The van der Waals surface area contributed by atoms with Crippen molar-refractivity contribution in [2.24, 2.45) is 0 Å². The maximum Gasteiger partial charge on any atom is 0.253 e. The Balaban J connectivity index is 1.64. The van der Waals surface area contributed by atoms with Crippen LogP contribution in [0.1, 0.15) is 48.8 Å². The fraction of sp³-hybridized carbons (Fsp3) is 0.385. The second kappa shape index (κ2) is 9.74. The van der Waals surface area contributed by atoms with Crippen molar-refractivity contribution in [2.45, 2.75) is 58.5 Å². The number of methoxy groups -OCH3 is 1. The summed E-state index contributed by atoms with van der Waals surface area (Å²) in [7, 11) is 1.65. The molecule has 1 saturated carbocycles. The molecule has 1 heterocycles. The lowest BCUT2D eigenvalue weighted by Gasteiger charge is -2.36. The number of aromatic amines is 1. The van der Waals surface area contributed by atoms with Gasteiger partial charge in [0, 0.05) is 22.7 Å². The molecule has 4 rings (SSSR count). The minimum absolute atomic E-state index is 0.0424. The molecule has 1 aliphatic carbocycles. The highest BCUT2D eigenvalue weighted by Gasteiger charge is 2.25. The second-order valence-corrected chi connectivity index (χ2v) is 9.08. The summed E-state index contributed by atoms with van der Waals surface area (Å²) in [5, 5.41) is 5.13. The van der Waals surface area contributed by atoms with Gasteiger partial charge in [-0.05, 0) is 80.4 Å². The number of pyridine rings is 1. The van der Waals surface area contributed by atoms with Crippen molar-refractivity contribution < 1.29 is 4.74 Å². The molecule has 3 aromatic rings. The number of aryl methyl sites for hydroxylation is 2. The van der Waals surface area contributed by atoms with Gasteiger partial charge in [-0.25, -0.2) is 0 Å². The molecule has 1 fully saturated rings. The first-order chi connectivity index (χ1) is 15.5. The van der Waals surface area contributed by atoms with E-state index in [4.69, 9.17) is 17.0 Å². The number of hydrogen-bond donors (Lipinski definition) is 2. The lowest BCUT2D eigenvalue weighted by atomic mass is 9.94. The van der Waals surface area contributed by atoms with Crippen molar-refractivity contribution in [3.8, 4) is 5.75 Å². The lowest BCUT2D eigenvalue weighted by molar-refractivity contribution is 0.240. The van der Waals surface area contributed by atoms with E-state index < -0.39 is 0 Å². The van der Waals surface area contributed by atoms with Crippen LogP contribution < -0.4 is 15.6 Å². The Bertz CT molecular complexity index is 1160. The number of benzene rings is 2. The number of fused-ring (bicyclic) bond motifs is 1. The molecule has 0 amide bonds. The van der Waals surface area contributed by atoms with Crippen molar-refractivity contribution in [1.29, 1.82) is 0 Å². The number of nitrogens with zero attached hydrogens (tertiary/aromatic N) is 1. The first-order valence-electron chi connectivity index (χ1n) is 11.3. The molecule has 0 aliphatic heterocycles. The standard InChI is InChI=1S/C26H31N3O2S/c1-17-9-10-18(2)24-23(17)15-19(25(30)28-24)16-29(21-7-5-4-6-8-21)26(32)27-20-11-13-22(31-3)14-12-20/h9-15,21H,4-8,16H2,1-3H3,(H,27,32)(H,28,30). The predicted octanol–water partition coefficient (Wildman–Crippen LogP) is 5.69. The van der Waals surface area contributed by atoms with Crippen molar-refractivity contribution >= 4 is 33.9 Å². The fourth-order valence-electron chi connectivity index (χ4n) is 4.55. The van der Waals surface area contributed by atoms with E-state index in [1.807, 2.05) is 37.3 Å². The van der Waals surface area contributed by atoms with Crippen molar-refractivity contribution in [1.82, 2.24) is 9.88 Å². The normalized spacial score (nSPS) is 14.3. The monoisotopic (exact) mass is 449 g/mol. The van der Waals surface area contributed by atoms with E-state index >= 15 is 0 Å². The van der Waals surface area contributed by atoms with Gasteiger partial charge in [0.25, 0.3) is 5.56 Å². The van der Waals surface area contributed by atoms with Crippen LogP contribution in [0.15, 0.2) is 47.3 Å². The molecule has 0 saturated heterocycles. The number of ether oxygens (including phenoxy) is 1. The molecule has 0 atom stereocenters. The van der Waals surface area contributed by atoms with Crippen LogP contribution in [0, 0.1) is 13.8 Å². The average Bonchev–Trinajstić information content (AvgIpc) is 2.81. The van der Waals surface area contributed by atoms with E-state index in [0.29, 0.717) is 17.7 Å². The fourth-order valence-corrected chi connectivity index (χ4v) is 4.88. The van der Waals surface area contributed by atoms with Crippen LogP contribution >= 0.6 is 12.2 Å². The van der Waals surface area contributed by atoms with Crippen LogP contribution in [0.25, 0.3) is 10.9 Å². The minimum Gasteiger partial charge on any atom is -0.497 e. The smallest absolute Gasteiger partial charge is 0.253 e. The van der Waals surface area contributed by atoms with E-state index in [1.54, 1.807) is 7.11 Å². The number of hydrogen-bond acceptors (Lipinski definition) is 3. The van der Waals surface area contributed by atoms with Crippen molar-refractivity contribution in [3.05, 3.63) is 69.5 Å². The summed E-state index contributed by atoms with van der Waals surface area (Å²) in [5.74, 6) is 0.805. The zero-order valence-corrected chi connectivity index (χ0v) is 19.8. The highest BCUT2D eigenvalue weighted by atomic mass is 32.1. The summed E-state index contributed by atoms with van der Waals surface area (Å²) in [5.41, 5.74) is 4.77. The molecular formula is C26H31N3O2S. The third kappa shape index (κ3) is 4.80. The molecular weight excluding hydrogens is 418 g/mol. The van der Waals surface area contributed by atoms with Gasteiger partial charge in [0.05, 0.1) is 19.2 Å². The van der Waals surface area contributed by atoms with Gasteiger partial charge < -0.3 is 19.9 Å². The van der Waals surface area contributed by atoms with Crippen molar-refractivity contribution in [3.63, 3.8) is 0 Å². The SMILES string of the molecule is COc1ccc(NC(=S)N(Cc2cc3c(C)ccc(C)c3[nH]c2=O)C2CCCCC2)cc1. The van der Waals surface area contributed by atoms with Gasteiger partial charge >= 0.3 is 0 Å². The number of anilines is 1. The Kier molecular flexibility index (Phi) is 6.80. The van der Waals surface area contributed by atoms with Gasteiger partial charge in [-0.3, -0.25) is 4.79 Å². The van der Waals surface area contributed by atoms with Gasteiger partial charge in [0.2, 0.25) is 0 Å². The molecule has 1 aromatic heterocycles. The second-order valence-electron chi connectivity index (χ2n) is 8.69. The number of aromatic nitrogens is 1. The van der Waals surface area contributed by atoms with Crippen LogP contribution in [-0.2, 0) is 6.54 Å². The first kappa shape index (κ1) is 22.3. The average molecular weight is 450 g/mol. The molecule has 6 heteroatoms. The Morgan fingerprint density at radius 2 is 1.78 bits per heavy atom. The van der Waals surface area contributed by atoms with Crippen molar-refractivity contribution in [2.75, 3.05) is 12.4 Å². The van der Waals surface area contributed by atoms with Gasteiger partial charge in [0.1, 0.15) is 5.75 Å². The van der Waals surface area contributed by atoms with E-state index in [-0.39, 0.29) is 5.56 Å². The Labute approximate surface area is 194 Å². The van der Waals surface area contributed by atoms with Crippen LogP contribution in [0.3, 0.4) is 0 Å².